The monoisotopic (exact) mass is 740 g/mol. The average Bonchev–Trinajstić information content (AvgIpc) is 3.56. The van der Waals surface area contributed by atoms with Crippen molar-refractivity contribution in [3.8, 4) is 22.2 Å². The van der Waals surface area contributed by atoms with Crippen LogP contribution in [-0.4, -0.2) is 73.0 Å². The number of hydrogen-bond donors (Lipinski definition) is 2. The third kappa shape index (κ3) is 7.69. The molecule has 0 radical (unpaired) electrons. The molecule has 2 aliphatic heterocycles. The molecular formula is C39H38F2N6O5S. The summed E-state index contributed by atoms with van der Waals surface area (Å²) in [4.78, 5) is 54.0. The van der Waals surface area contributed by atoms with E-state index >= 15 is 0 Å². The number of anilines is 1. The second kappa shape index (κ2) is 14.9. The van der Waals surface area contributed by atoms with Crippen molar-refractivity contribution in [2.24, 2.45) is 5.92 Å². The summed E-state index contributed by atoms with van der Waals surface area (Å²) >= 11 is 1.28. The summed E-state index contributed by atoms with van der Waals surface area (Å²) in [6.45, 7) is 3.02. The van der Waals surface area contributed by atoms with Gasteiger partial charge in [0, 0.05) is 43.6 Å². The molecule has 0 saturated carbocycles. The van der Waals surface area contributed by atoms with Gasteiger partial charge in [-0.2, -0.15) is 0 Å². The molecule has 53 heavy (non-hydrogen) atoms. The van der Waals surface area contributed by atoms with Gasteiger partial charge in [0.15, 0.2) is 5.69 Å². The molecule has 14 heteroatoms. The van der Waals surface area contributed by atoms with Crippen LogP contribution in [0.5, 0.6) is 11.6 Å². The van der Waals surface area contributed by atoms with E-state index < -0.39 is 17.0 Å². The standard InChI is InChI=1S/C39H38F2N6O5S/c1-24-33(53-35(44-24)26-7-9-27(40)10-8-26)38(50)46-18-15-30(31(21-46)25-5-3-2-4-6-25)36(48)45-19-16-39(51,17-20-45)22-47-23-43-34(32(42)37(47)49)52-29-13-11-28(41)12-14-29/h2-14,23,30-31,51H,15-22,42H2,1H3/t30-,31+/m1/s1. The van der Waals surface area contributed by atoms with Crippen molar-refractivity contribution in [2.75, 3.05) is 31.9 Å². The molecule has 2 amide bonds. The lowest BCUT2D eigenvalue weighted by atomic mass is 9.79. The van der Waals surface area contributed by atoms with Crippen molar-refractivity contribution in [2.45, 2.75) is 44.2 Å². The summed E-state index contributed by atoms with van der Waals surface area (Å²) in [5.74, 6) is -1.47. The molecule has 2 atom stereocenters. The zero-order chi connectivity index (χ0) is 37.3. The minimum Gasteiger partial charge on any atom is -0.437 e. The Hall–Kier alpha value is -5.47. The fourth-order valence-electron chi connectivity index (χ4n) is 7.08. The van der Waals surface area contributed by atoms with Gasteiger partial charge in [-0.05, 0) is 80.3 Å². The molecule has 274 valence electrons. The number of nitrogen functional groups attached to an aromatic ring is 1. The van der Waals surface area contributed by atoms with Gasteiger partial charge in [0.2, 0.25) is 11.8 Å². The Labute approximate surface area is 308 Å². The lowest BCUT2D eigenvalue weighted by Gasteiger charge is -2.43. The number of piperidine rings is 2. The number of amides is 2. The molecule has 0 unspecified atom stereocenters. The summed E-state index contributed by atoms with van der Waals surface area (Å²) < 4.78 is 33.6. The first-order valence-electron chi connectivity index (χ1n) is 17.3. The van der Waals surface area contributed by atoms with Crippen molar-refractivity contribution in [3.63, 3.8) is 0 Å². The van der Waals surface area contributed by atoms with Gasteiger partial charge in [-0.25, -0.2) is 18.7 Å². The number of carbonyl (C=O) groups excluding carboxylic acids is 2. The molecule has 0 aliphatic carbocycles. The van der Waals surface area contributed by atoms with E-state index in [1.807, 2.05) is 30.3 Å². The molecule has 2 saturated heterocycles. The molecule has 3 N–H and O–H groups in total. The predicted octanol–water partition coefficient (Wildman–Crippen LogP) is 5.63. The highest BCUT2D eigenvalue weighted by Crippen LogP contribution is 2.37. The van der Waals surface area contributed by atoms with E-state index in [0.29, 0.717) is 35.1 Å². The van der Waals surface area contributed by atoms with Crippen LogP contribution in [0.15, 0.2) is 90.0 Å². The van der Waals surface area contributed by atoms with E-state index in [1.165, 1.54) is 58.6 Å². The van der Waals surface area contributed by atoms with Crippen molar-refractivity contribution < 1.29 is 28.2 Å². The highest BCUT2D eigenvalue weighted by molar-refractivity contribution is 7.17. The van der Waals surface area contributed by atoms with Gasteiger partial charge in [0.1, 0.15) is 33.6 Å². The van der Waals surface area contributed by atoms with Gasteiger partial charge >= 0.3 is 0 Å². The van der Waals surface area contributed by atoms with Gasteiger partial charge in [-0.1, -0.05) is 30.3 Å². The number of thiazole rings is 1. The Balaban J connectivity index is 1.02. The Morgan fingerprint density at radius 3 is 2.30 bits per heavy atom. The van der Waals surface area contributed by atoms with Crippen molar-refractivity contribution in [1.82, 2.24) is 24.3 Å². The highest BCUT2D eigenvalue weighted by atomic mass is 32.1. The summed E-state index contributed by atoms with van der Waals surface area (Å²) in [5, 5.41) is 12.2. The minimum absolute atomic E-state index is 0.0362. The number of likely N-dealkylation sites (tertiary alicyclic amines) is 2. The molecule has 0 bridgehead atoms. The molecule has 2 aliphatic rings. The van der Waals surface area contributed by atoms with E-state index in [4.69, 9.17) is 10.5 Å². The summed E-state index contributed by atoms with van der Waals surface area (Å²) in [6.07, 6.45) is 2.17. The molecule has 11 nitrogen and oxygen atoms in total. The lowest BCUT2D eigenvalue weighted by Crippen LogP contribution is -2.53. The van der Waals surface area contributed by atoms with E-state index in [0.717, 1.165) is 11.1 Å². The van der Waals surface area contributed by atoms with E-state index in [1.54, 1.807) is 28.9 Å². The van der Waals surface area contributed by atoms with E-state index in [9.17, 15) is 28.3 Å². The van der Waals surface area contributed by atoms with Crippen LogP contribution in [0.3, 0.4) is 0 Å². The number of aryl methyl sites for hydroxylation is 1. The number of nitrogens with two attached hydrogens (primary N) is 1. The molecule has 4 heterocycles. The van der Waals surface area contributed by atoms with Crippen LogP contribution < -0.4 is 16.0 Å². The number of nitrogens with zero attached hydrogens (tertiary/aromatic N) is 5. The second-order valence-corrected chi connectivity index (χ2v) is 14.6. The third-order valence-electron chi connectivity index (χ3n) is 10.1. The topological polar surface area (TPSA) is 144 Å². The number of benzene rings is 3. The van der Waals surface area contributed by atoms with E-state index in [2.05, 4.69) is 9.97 Å². The average molecular weight is 741 g/mol. The normalized spacial score (nSPS) is 18.5. The molecule has 3 aromatic carbocycles. The number of carbonyl (C=O) groups is 2. The van der Waals surface area contributed by atoms with Crippen LogP contribution in [0.1, 0.15) is 46.1 Å². The number of aliphatic hydroxyl groups is 1. The second-order valence-electron chi connectivity index (χ2n) is 13.6. The molecule has 2 fully saturated rings. The maximum atomic E-state index is 14.2. The maximum absolute atomic E-state index is 14.2. The SMILES string of the molecule is Cc1nc(-c2ccc(F)cc2)sc1C(=O)N1CC[C@@H](C(=O)N2CCC(O)(Cn3cnc(Oc4ccc(F)cc4)c(N)c3=O)CC2)[C@H](c2ccccc2)C1. The molecule has 5 aromatic rings. The van der Waals surface area contributed by atoms with Crippen LogP contribution in [-0.2, 0) is 11.3 Å². The third-order valence-corrected chi connectivity index (χ3v) is 11.3. The number of rotatable bonds is 8. The Kier molecular flexibility index (Phi) is 10.1. The minimum atomic E-state index is -1.29. The summed E-state index contributed by atoms with van der Waals surface area (Å²) in [6, 6.07) is 20.9. The largest absolute Gasteiger partial charge is 0.437 e. The number of aromatic nitrogens is 3. The van der Waals surface area contributed by atoms with Gasteiger partial charge in [0.25, 0.3) is 11.5 Å². The first-order valence-corrected chi connectivity index (χ1v) is 18.2. The number of ether oxygens (including phenoxy) is 1. The first kappa shape index (κ1) is 35.9. The number of halogens is 2. The smallest absolute Gasteiger partial charge is 0.280 e. The van der Waals surface area contributed by atoms with Crippen molar-refractivity contribution >= 4 is 28.8 Å². The molecule has 0 spiro atoms. The first-order chi connectivity index (χ1) is 25.5. The van der Waals surface area contributed by atoms with Crippen LogP contribution in [0.25, 0.3) is 10.6 Å². The number of hydrogen-bond acceptors (Lipinski definition) is 9. The van der Waals surface area contributed by atoms with Gasteiger partial charge < -0.3 is 25.4 Å². The lowest BCUT2D eigenvalue weighted by molar-refractivity contribution is -0.142. The van der Waals surface area contributed by atoms with Crippen molar-refractivity contribution in [3.05, 3.63) is 123 Å². The quantitative estimate of drug-likeness (QED) is 0.209. The summed E-state index contributed by atoms with van der Waals surface area (Å²) in [5.41, 5.74) is 6.22. The van der Waals surface area contributed by atoms with Crippen LogP contribution in [0.4, 0.5) is 14.5 Å². The zero-order valence-corrected chi connectivity index (χ0v) is 29.8. The highest BCUT2D eigenvalue weighted by Gasteiger charge is 2.42. The Bertz CT molecular complexity index is 2170. The van der Waals surface area contributed by atoms with Gasteiger partial charge in [-0.15, -0.1) is 11.3 Å². The maximum Gasteiger partial charge on any atom is 0.280 e. The Morgan fingerprint density at radius 2 is 1.62 bits per heavy atom. The van der Waals surface area contributed by atoms with Crippen LogP contribution in [0, 0.1) is 24.5 Å². The molecule has 7 rings (SSSR count). The Morgan fingerprint density at radius 1 is 0.962 bits per heavy atom. The fraction of sp³-hybridized carbons (Fsp3) is 0.308. The van der Waals surface area contributed by atoms with Gasteiger partial charge in [0.05, 0.1) is 17.8 Å². The van der Waals surface area contributed by atoms with Crippen LogP contribution in [0.2, 0.25) is 0 Å². The predicted molar refractivity (Wildman–Crippen MR) is 196 cm³/mol. The van der Waals surface area contributed by atoms with Crippen LogP contribution >= 0.6 is 11.3 Å². The van der Waals surface area contributed by atoms with E-state index in [-0.39, 0.29) is 79.3 Å². The van der Waals surface area contributed by atoms with Crippen molar-refractivity contribution in [1.29, 1.82) is 0 Å². The summed E-state index contributed by atoms with van der Waals surface area (Å²) in [7, 11) is 0. The fourth-order valence-corrected chi connectivity index (χ4v) is 8.12. The zero-order valence-electron chi connectivity index (χ0n) is 29.0. The van der Waals surface area contributed by atoms with Gasteiger partial charge in [-0.3, -0.25) is 19.0 Å². The molecular weight excluding hydrogens is 703 g/mol. The molecule has 2 aromatic heterocycles.